The van der Waals surface area contributed by atoms with E-state index in [1.807, 2.05) is 7.05 Å². The number of fused-ring (bicyclic) bond motifs is 1. The van der Waals surface area contributed by atoms with Crippen molar-refractivity contribution >= 4 is 29.1 Å². The summed E-state index contributed by atoms with van der Waals surface area (Å²) in [4.78, 5) is 33.3. The third-order valence-electron chi connectivity index (χ3n) is 6.09. The molecular weight excluding hydrogens is 515 g/mol. The summed E-state index contributed by atoms with van der Waals surface area (Å²) in [6.45, 7) is 2.87. The van der Waals surface area contributed by atoms with Crippen LogP contribution in [0.5, 0.6) is 11.6 Å². The van der Waals surface area contributed by atoms with Crippen molar-refractivity contribution in [3.8, 4) is 11.6 Å². The Bertz CT molecular complexity index is 1510. The van der Waals surface area contributed by atoms with E-state index in [1.54, 1.807) is 41.4 Å². The minimum atomic E-state index is -4.55. The Morgan fingerprint density at radius 2 is 1.72 bits per heavy atom. The number of halogens is 3. The zero-order valence-electron chi connectivity index (χ0n) is 20.8. The van der Waals surface area contributed by atoms with Crippen molar-refractivity contribution < 1.29 is 27.5 Å². The summed E-state index contributed by atoms with van der Waals surface area (Å²) in [5, 5.41) is 9.72. The van der Waals surface area contributed by atoms with Crippen LogP contribution in [-0.2, 0) is 6.18 Å². The van der Waals surface area contributed by atoms with Gasteiger partial charge in [-0.2, -0.15) is 13.2 Å². The van der Waals surface area contributed by atoms with Crippen LogP contribution in [-0.4, -0.2) is 69.6 Å². The number of anilines is 2. The fraction of sp³-hybridized carbons (Fsp3) is 0.231. The third-order valence-corrected chi connectivity index (χ3v) is 6.09. The lowest BCUT2D eigenvalue weighted by Crippen LogP contribution is -2.48. The molecule has 0 saturated carbocycles. The first kappa shape index (κ1) is 26.0. The Hall–Kier alpha value is -4.65. The van der Waals surface area contributed by atoms with Crippen LogP contribution in [0, 0.1) is 0 Å². The summed E-state index contributed by atoms with van der Waals surface area (Å²) in [6.07, 6.45) is -2.98. The number of piperazine rings is 1. The summed E-state index contributed by atoms with van der Waals surface area (Å²) in [5.41, 5.74) is -0.209. The number of rotatable bonds is 5. The minimum Gasteiger partial charge on any atom is -0.438 e. The first-order valence-corrected chi connectivity index (χ1v) is 12.0. The summed E-state index contributed by atoms with van der Waals surface area (Å²) in [5.74, 6) is 0.218. The molecule has 2 aromatic heterocycles. The molecule has 5 rings (SSSR count). The second-order valence-electron chi connectivity index (χ2n) is 8.98. The van der Waals surface area contributed by atoms with Gasteiger partial charge in [0.25, 0.3) is 5.91 Å². The van der Waals surface area contributed by atoms with Gasteiger partial charge in [-0.1, -0.05) is 12.1 Å². The molecule has 1 aliphatic heterocycles. The predicted octanol–water partition coefficient (Wildman–Crippen LogP) is 4.57. The molecular formula is C26H24F3N7O3. The van der Waals surface area contributed by atoms with Crippen molar-refractivity contribution in [2.24, 2.45) is 0 Å². The summed E-state index contributed by atoms with van der Waals surface area (Å²) in [6, 6.07) is 13.6. The minimum absolute atomic E-state index is 0.126. The maximum absolute atomic E-state index is 13.0. The van der Waals surface area contributed by atoms with E-state index in [9.17, 15) is 22.8 Å². The molecule has 39 heavy (non-hydrogen) atoms. The maximum atomic E-state index is 13.0. The number of benzene rings is 2. The molecule has 3 heterocycles. The van der Waals surface area contributed by atoms with Gasteiger partial charge in [-0.05, 0) is 43.4 Å². The van der Waals surface area contributed by atoms with Crippen LogP contribution < -0.4 is 15.4 Å². The Morgan fingerprint density at radius 1 is 0.949 bits per heavy atom. The zero-order chi connectivity index (χ0) is 27.6. The van der Waals surface area contributed by atoms with Crippen molar-refractivity contribution in [3.05, 3.63) is 78.0 Å². The molecule has 0 atom stereocenters. The van der Waals surface area contributed by atoms with Crippen LogP contribution in [0.1, 0.15) is 15.9 Å². The van der Waals surface area contributed by atoms with Crippen molar-refractivity contribution in [1.29, 1.82) is 0 Å². The van der Waals surface area contributed by atoms with Gasteiger partial charge in [0, 0.05) is 49.6 Å². The van der Waals surface area contributed by atoms with E-state index in [1.165, 1.54) is 22.7 Å². The first-order chi connectivity index (χ1) is 18.6. The molecule has 202 valence electrons. The second-order valence-corrected chi connectivity index (χ2v) is 8.98. The molecule has 4 aromatic rings. The van der Waals surface area contributed by atoms with E-state index < -0.39 is 17.6 Å². The number of amides is 3. The fourth-order valence-corrected chi connectivity index (χ4v) is 3.98. The van der Waals surface area contributed by atoms with E-state index in [2.05, 4.69) is 25.6 Å². The lowest BCUT2D eigenvalue weighted by Gasteiger charge is -2.32. The van der Waals surface area contributed by atoms with Gasteiger partial charge in [0.2, 0.25) is 5.88 Å². The summed E-state index contributed by atoms with van der Waals surface area (Å²) >= 11 is 0. The summed E-state index contributed by atoms with van der Waals surface area (Å²) in [7, 11) is 2.01. The van der Waals surface area contributed by atoms with E-state index in [0.717, 1.165) is 25.2 Å². The van der Waals surface area contributed by atoms with Crippen LogP contribution in [0.2, 0.25) is 0 Å². The number of nitrogens with zero attached hydrogens (tertiary/aromatic N) is 5. The van der Waals surface area contributed by atoms with Gasteiger partial charge in [0.1, 0.15) is 5.75 Å². The number of hydrogen-bond donors (Lipinski definition) is 2. The maximum Gasteiger partial charge on any atom is 0.416 e. The van der Waals surface area contributed by atoms with Gasteiger partial charge < -0.3 is 19.9 Å². The molecule has 2 N–H and O–H groups in total. The Balaban J connectivity index is 1.24. The summed E-state index contributed by atoms with van der Waals surface area (Å²) < 4.78 is 46.2. The molecule has 0 radical (unpaired) electrons. The molecule has 0 unspecified atom stereocenters. The van der Waals surface area contributed by atoms with Gasteiger partial charge in [-0.25, -0.2) is 14.3 Å². The molecule has 13 heteroatoms. The van der Waals surface area contributed by atoms with Crippen LogP contribution >= 0.6 is 0 Å². The van der Waals surface area contributed by atoms with Crippen molar-refractivity contribution in [1.82, 2.24) is 24.4 Å². The SMILES string of the molecule is CN1CCN(C(=O)Nc2cn3nc(Oc4cccc(NC(=O)c5cccc(C(F)(F)F)c5)c4)ccc3n2)CC1. The Kier molecular flexibility index (Phi) is 7.07. The molecule has 0 bridgehead atoms. The normalized spacial score (nSPS) is 14.3. The van der Waals surface area contributed by atoms with E-state index in [0.29, 0.717) is 36.0 Å². The van der Waals surface area contributed by atoms with Gasteiger partial charge in [0.05, 0.1) is 11.8 Å². The molecule has 0 spiro atoms. The van der Waals surface area contributed by atoms with Crippen LogP contribution in [0.4, 0.5) is 29.5 Å². The Labute approximate surface area is 221 Å². The highest BCUT2D eigenvalue weighted by molar-refractivity contribution is 6.04. The average Bonchev–Trinajstić information content (AvgIpc) is 3.30. The number of hydrogen-bond acceptors (Lipinski definition) is 6. The lowest BCUT2D eigenvalue weighted by atomic mass is 10.1. The number of aromatic nitrogens is 3. The fourth-order valence-electron chi connectivity index (χ4n) is 3.98. The number of nitrogens with one attached hydrogen (secondary N) is 2. The number of ether oxygens (including phenoxy) is 1. The lowest BCUT2D eigenvalue weighted by molar-refractivity contribution is -0.137. The topological polar surface area (TPSA) is 104 Å². The number of carbonyl (C=O) groups excluding carboxylic acids is 2. The van der Waals surface area contributed by atoms with Gasteiger partial charge in [-0.15, -0.1) is 5.10 Å². The standard InChI is InChI=1S/C26H24F3N7O3/c1-34-10-12-35(13-11-34)25(38)32-21-16-36-22(31-21)8-9-23(33-36)39-20-7-3-6-19(15-20)30-24(37)17-4-2-5-18(14-17)26(27,28)29/h2-9,14-16H,10-13H2,1H3,(H,30,37)(H,32,38). The third kappa shape index (κ3) is 6.26. The molecule has 10 nitrogen and oxygen atoms in total. The van der Waals surface area contributed by atoms with Crippen LogP contribution in [0.25, 0.3) is 5.65 Å². The van der Waals surface area contributed by atoms with E-state index in [-0.39, 0.29) is 17.5 Å². The molecule has 3 amide bonds. The molecule has 1 saturated heterocycles. The average molecular weight is 540 g/mol. The second kappa shape index (κ2) is 10.6. The number of alkyl halides is 3. The number of likely N-dealkylation sites (N-methyl/N-ethyl adjacent to an activating group) is 1. The quantitative estimate of drug-likeness (QED) is 0.385. The largest absolute Gasteiger partial charge is 0.438 e. The molecule has 0 aliphatic carbocycles. The highest BCUT2D eigenvalue weighted by Crippen LogP contribution is 2.30. The predicted molar refractivity (Wildman–Crippen MR) is 137 cm³/mol. The van der Waals surface area contributed by atoms with Crippen molar-refractivity contribution in [2.75, 3.05) is 43.9 Å². The number of carbonyl (C=O) groups is 2. The first-order valence-electron chi connectivity index (χ1n) is 12.0. The molecule has 2 aromatic carbocycles. The van der Waals surface area contributed by atoms with Crippen LogP contribution in [0.3, 0.4) is 0 Å². The van der Waals surface area contributed by atoms with Crippen LogP contribution in [0.15, 0.2) is 66.9 Å². The van der Waals surface area contributed by atoms with Gasteiger partial charge in [0.15, 0.2) is 11.5 Å². The van der Waals surface area contributed by atoms with E-state index >= 15 is 0 Å². The van der Waals surface area contributed by atoms with E-state index in [4.69, 9.17) is 4.74 Å². The van der Waals surface area contributed by atoms with Crippen molar-refractivity contribution in [3.63, 3.8) is 0 Å². The molecule has 1 fully saturated rings. The smallest absolute Gasteiger partial charge is 0.416 e. The highest BCUT2D eigenvalue weighted by Gasteiger charge is 2.31. The molecule has 1 aliphatic rings. The highest BCUT2D eigenvalue weighted by atomic mass is 19.4. The Morgan fingerprint density at radius 3 is 2.49 bits per heavy atom. The number of urea groups is 1. The monoisotopic (exact) mass is 539 g/mol. The zero-order valence-corrected chi connectivity index (χ0v) is 20.8. The van der Waals surface area contributed by atoms with Gasteiger partial charge >= 0.3 is 12.2 Å². The van der Waals surface area contributed by atoms with Gasteiger partial charge in [-0.3, -0.25) is 10.1 Å². The van der Waals surface area contributed by atoms with Crippen molar-refractivity contribution in [2.45, 2.75) is 6.18 Å². The number of imidazole rings is 1.